The normalized spacial score (nSPS) is 14.8. The minimum absolute atomic E-state index is 0.164. The molecule has 7 nitrogen and oxygen atoms in total. The molecule has 0 spiro atoms. The van der Waals surface area contributed by atoms with Crippen LogP contribution in [0.4, 0.5) is 5.69 Å². The van der Waals surface area contributed by atoms with Crippen LogP contribution in [0.1, 0.15) is 30.9 Å². The van der Waals surface area contributed by atoms with Gasteiger partial charge in [0, 0.05) is 18.5 Å². The van der Waals surface area contributed by atoms with Gasteiger partial charge in [-0.25, -0.2) is 0 Å². The van der Waals surface area contributed by atoms with Gasteiger partial charge in [0.2, 0.25) is 17.7 Å². The highest BCUT2D eigenvalue weighted by Crippen LogP contribution is 2.18. The summed E-state index contributed by atoms with van der Waals surface area (Å²) < 4.78 is 10.9. The number of imide groups is 1. The highest BCUT2D eigenvalue weighted by atomic mass is 16.5. The molecule has 0 saturated carbocycles. The van der Waals surface area contributed by atoms with Crippen LogP contribution in [0.2, 0.25) is 0 Å². The SMILES string of the molecule is COc1ccc(COCc2cccc(NC(=O)C(C)N3C(=O)CCC3=O)c2)cc1. The lowest BCUT2D eigenvalue weighted by Crippen LogP contribution is -2.44. The van der Waals surface area contributed by atoms with E-state index >= 15 is 0 Å². The van der Waals surface area contributed by atoms with Crippen molar-refractivity contribution >= 4 is 23.4 Å². The number of amides is 3. The minimum Gasteiger partial charge on any atom is -0.497 e. The molecule has 1 N–H and O–H groups in total. The largest absolute Gasteiger partial charge is 0.497 e. The lowest BCUT2D eigenvalue weighted by atomic mass is 10.2. The molecule has 0 aromatic heterocycles. The third-order valence-corrected chi connectivity index (χ3v) is 4.75. The third-order valence-electron chi connectivity index (χ3n) is 4.75. The van der Waals surface area contributed by atoms with Crippen LogP contribution in [0.25, 0.3) is 0 Å². The van der Waals surface area contributed by atoms with Gasteiger partial charge < -0.3 is 14.8 Å². The summed E-state index contributed by atoms with van der Waals surface area (Å²) in [5, 5.41) is 2.77. The van der Waals surface area contributed by atoms with Gasteiger partial charge in [0.1, 0.15) is 11.8 Å². The second-order valence-corrected chi connectivity index (χ2v) is 6.86. The molecule has 0 aliphatic carbocycles. The standard InChI is InChI=1S/C22H24N2O5/c1-15(24-20(25)10-11-21(24)26)22(27)23-18-5-3-4-17(12-18)14-29-13-16-6-8-19(28-2)9-7-16/h3-9,12,15H,10-11,13-14H2,1-2H3,(H,23,27). The van der Waals surface area contributed by atoms with Gasteiger partial charge in [-0.1, -0.05) is 24.3 Å². The summed E-state index contributed by atoms with van der Waals surface area (Å²) in [6.45, 7) is 2.39. The van der Waals surface area contributed by atoms with Crippen LogP contribution in [-0.4, -0.2) is 35.8 Å². The van der Waals surface area contributed by atoms with Crippen molar-refractivity contribution in [3.63, 3.8) is 0 Å². The van der Waals surface area contributed by atoms with Crippen molar-refractivity contribution in [2.24, 2.45) is 0 Å². The summed E-state index contributed by atoms with van der Waals surface area (Å²) in [5.41, 5.74) is 2.52. The quantitative estimate of drug-likeness (QED) is 0.694. The fourth-order valence-electron chi connectivity index (χ4n) is 3.14. The molecular formula is C22H24N2O5. The Hall–Kier alpha value is -3.19. The Labute approximate surface area is 169 Å². The van der Waals surface area contributed by atoms with Crippen LogP contribution >= 0.6 is 0 Å². The van der Waals surface area contributed by atoms with Gasteiger partial charge in [-0.15, -0.1) is 0 Å². The number of hydrogen-bond acceptors (Lipinski definition) is 5. The van der Waals surface area contributed by atoms with Gasteiger partial charge >= 0.3 is 0 Å². The summed E-state index contributed by atoms with van der Waals surface area (Å²) in [6, 6.07) is 14.1. The highest BCUT2D eigenvalue weighted by Gasteiger charge is 2.36. The highest BCUT2D eigenvalue weighted by molar-refractivity contribution is 6.07. The average Bonchev–Trinajstić information content (AvgIpc) is 3.06. The van der Waals surface area contributed by atoms with Crippen LogP contribution in [0.5, 0.6) is 5.75 Å². The predicted octanol–water partition coefficient (Wildman–Crippen LogP) is 2.89. The first-order valence-electron chi connectivity index (χ1n) is 9.43. The number of nitrogens with one attached hydrogen (secondary N) is 1. The molecule has 1 heterocycles. The number of hydrogen-bond donors (Lipinski definition) is 1. The molecule has 1 unspecified atom stereocenters. The zero-order chi connectivity index (χ0) is 20.8. The Kier molecular flexibility index (Phi) is 6.61. The number of benzene rings is 2. The molecule has 3 amide bonds. The van der Waals surface area contributed by atoms with E-state index in [9.17, 15) is 14.4 Å². The lowest BCUT2D eigenvalue weighted by molar-refractivity contribution is -0.144. The van der Waals surface area contributed by atoms with E-state index in [1.165, 1.54) is 0 Å². The van der Waals surface area contributed by atoms with Crippen LogP contribution < -0.4 is 10.1 Å². The number of carbonyl (C=O) groups excluding carboxylic acids is 3. The van der Waals surface area contributed by atoms with E-state index in [2.05, 4.69) is 5.32 Å². The van der Waals surface area contributed by atoms with Crippen molar-refractivity contribution in [2.75, 3.05) is 12.4 Å². The Morgan fingerprint density at radius 1 is 1.03 bits per heavy atom. The second kappa shape index (κ2) is 9.34. The summed E-state index contributed by atoms with van der Waals surface area (Å²) in [7, 11) is 1.62. The van der Waals surface area contributed by atoms with Crippen molar-refractivity contribution in [1.29, 1.82) is 0 Å². The summed E-state index contributed by atoms with van der Waals surface area (Å²) >= 11 is 0. The molecule has 3 rings (SSSR count). The van der Waals surface area contributed by atoms with E-state index < -0.39 is 11.9 Å². The van der Waals surface area contributed by atoms with Crippen LogP contribution in [0.3, 0.4) is 0 Å². The molecule has 2 aromatic rings. The number of rotatable bonds is 8. The first-order chi connectivity index (χ1) is 14.0. The molecule has 0 bridgehead atoms. The molecule has 0 radical (unpaired) electrons. The smallest absolute Gasteiger partial charge is 0.247 e. The molecule has 1 aliphatic rings. The van der Waals surface area contributed by atoms with Gasteiger partial charge in [-0.3, -0.25) is 19.3 Å². The van der Waals surface area contributed by atoms with E-state index in [1.807, 2.05) is 42.5 Å². The van der Waals surface area contributed by atoms with E-state index in [0.717, 1.165) is 21.8 Å². The molecule has 152 valence electrons. The third kappa shape index (κ3) is 5.20. The Bertz CT molecular complexity index is 878. The maximum atomic E-state index is 12.5. The van der Waals surface area contributed by atoms with Crippen molar-refractivity contribution in [3.8, 4) is 5.75 Å². The first-order valence-corrected chi connectivity index (χ1v) is 9.43. The monoisotopic (exact) mass is 396 g/mol. The average molecular weight is 396 g/mol. The zero-order valence-corrected chi connectivity index (χ0v) is 16.5. The molecule has 29 heavy (non-hydrogen) atoms. The Morgan fingerprint density at radius 2 is 1.69 bits per heavy atom. The number of likely N-dealkylation sites (tertiary alicyclic amines) is 1. The van der Waals surface area contributed by atoms with Crippen LogP contribution in [0, 0.1) is 0 Å². The zero-order valence-electron chi connectivity index (χ0n) is 16.5. The van der Waals surface area contributed by atoms with Gasteiger partial charge in [0.05, 0.1) is 20.3 Å². The van der Waals surface area contributed by atoms with E-state index in [0.29, 0.717) is 18.9 Å². The van der Waals surface area contributed by atoms with E-state index in [4.69, 9.17) is 9.47 Å². The summed E-state index contributed by atoms with van der Waals surface area (Å²) in [4.78, 5) is 37.1. The van der Waals surface area contributed by atoms with Crippen molar-refractivity contribution < 1.29 is 23.9 Å². The van der Waals surface area contributed by atoms with Crippen LogP contribution in [-0.2, 0) is 32.3 Å². The van der Waals surface area contributed by atoms with Gasteiger partial charge in [-0.2, -0.15) is 0 Å². The summed E-state index contributed by atoms with van der Waals surface area (Å²) in [5.74, 6) is -0.217. The molecule has 1 saturated heterocycles. The number of carbonyl (C=O) groups is 3. The fraction of sp³-hybridized carbons (Fsp3) is 0.318. The first kappa shape index (κ1) is 20.5. The van der Waals surface area contributed by atoms with E-state index in [-0.39, 0.29) is 24.7 Å². The van der Waals surface area contributed by atoms with Crippen LogP contribution in [0.15, 0.2) is 48.5 Å². The molecule has 2 aromatic carbocycles. The molecule has 1 atom stereocenters. The Balaban J connectivity index is 1.54. The van der Waals surface area contributed by atoms with Gasteiger partial charge in [0.25, 0.3) is 0 Å². The molecule has 7 heteroatoms. The number of ether oxygens (including phenoxy) is 2. The fourth-order valence-corrected chi connectivity index (χ4v) is 3.14. The number of methoxy groups -OCH3 is 1. The minimum atomic E-state index is -0.840. The van der Waals surface area contributed by atoms with E-state index in [1.54, 1.807) is 20.1 Å². The molecule has 1 aliphatic heterocycles. The van der Waals surface area contributed by atoms with Gasteiger partial charge in [-0.05, 0) is 42.3 Å². The maximum absolute atomic E-state index is 12.5. The molecular weight excluding hydrogens is 372 g/mol. The topological polar surface area (TPSA) is 84.9 Å². The number of anilines is 1. The maximum Gasteiger partial charge on any atom is 0.247 e. The second-order valence-electron chi connectivity index (χ2n) is 6.86. The van der Waals surface area contributed by atoms with Crippen molar-refractivity contribution in [1.82, 2.24) is 4.90 Å². The lowest BCUT2D eigenvalue weighted by Gasteiger charge is -2.21. The van der Waals surface area contributed by atoms with Crippen molar-refractivity contribution in [2.45, 2.75) is 39.0 Å². The van der Waals surface area contributed by atoms with Gasteiger partial charge in [0.15, 0.2) is 0 Å². The Morgan fingerprint density at radius 3 is 2.34 bits per heavy atom. The number of nitrogens with zero attached hydrogens (tertiary/aromatic N) is 1. The summed E-state index contributed by atoms with van der Waals surface area (Å²) in [6.07, 6.45) is 0.328. The molecule has 1 fully saturated rings. The predicted molar refractivity (Wildman–Crippen MR) is 107 cm³/mol. The van der Waals surface area contributed by atoms with Crippen molar-refractivity contribution in [3.05, 3.63) is 59.7 Å².